The molecule has 194 valence electrons. The topological polar surface area (TPSA) is 99.4 Å². The molecule has 2 saturated heterocycles. The van der Waals surface area contributed by atoms with Gasteiger partial charge in [-0.05, 0) is 84.9 Å². The molecule has 4 N–H and O–H groups in total. The molecule has 1 aromatic carbocycles. The van der Waals surface area contributed by atoms with Gasteiger partial charge in [-0.3, -0.25) is 10.2 Å². The molecule has 11 heteroatoms. The van der Waals surface area contributed by atoms with Crippen LogP contribution in [0.4, 0.5) is 20.4 Å². The largest absolute Gasteiger partial charge is 0.371 e. The van der Waals surface area contributed by atoms with Gasteiger partial charge >= 0.3 is 0 Å². The smallest absolute Gasteiger partial charge is 0.267 e. The van der Waals surface area contributed by atoms with E-state index in [0.29, 0.717) is 28.3 Å². The zero-order valence-electron chi connectivity index (χ0n) is 20.4. The van der Waals surface area contributed by atoms with Gasteiger partial charge in [0.1, 0.15) is 6.17 Å². The number of alkyl halides is 2. The summed E-state index contributed by atoms with van der Waals surface area (Å²) >= 11 is 2.27. The second-order valence-electron chi connectivity index (χ2n) is 10.3. The lowest BCUT2D eigenvalue weighted by Gasteiger charge is -2.35. The van der Waals surface area contributed by atoms with E-state index in [0.717, 1.165) is 22.3 Å². The lowest BCUT2D eigenvalue weighted by molar-refractivity contribution is -0.0222. The van der Waals surface area contributed by atoms with Crippen molar-refractivity contribution < 1.29 is 13.6 Å². The number of hydrogen-bond donors (Lipinski definition) is 3. The number of aromatic nitrogens is 2. The predicted octanol–water partition coefficient (Wildman–Crippen LogP) is 3.90. The number of benzene rings is 1. The molecule has 1 atom stereocenters. The van der Waals surface area contributed by atoms with Crippen molar-refractivity contribution in [3.63, 3.8) is 0 Å². The van der Waals surface area contributed by atoms with Gasteiger partial charge in [0.2, 0.25) is 5.95 Å². The standard InChI is InChI=1S/C25H32F2IN7O/c1-16-14-19(31-23(30-16)35-12-8-25(26,27)9-13-35)21(29)32-33-22(36)18-3-2-17(28)15-20(18)34-10-6-24(4-5-24)7-11-34/h2-3,14-15,21,32H,4-13,29H2,1H3,(H,33,36). The molecule has 1 saturated carbocycles. The molecule has 1 spiro atoms. The average molecular weight is 611 g/mol. The van der Waals surface area contributed by atoms with E-state index in [1.165, 1.54) is 25.7 Å². The van der Waals surface area contributed by atoms with Crippen molar-refractivity contribution in [3.8, 4) is 0 Å². The van der Waals surface area contributed by atoms with Crippen LogP contribution in [0.1, 0.15) is 66.4 Å². The molecule has 36 heavy (non-hydrogen) atoms. The third kappa shape index (κ3) is 5.72. The Hall–Kier alpha value is -2.12. The molecule has 1 unspecified atom stereocenters. The van der Waals surface area contributed by atoms with Crippen LogP contribution in [-0.2, 0) is 0 Å². The van der Waals surface area contributed by atoms with E-state index in [-0.39, 0.29) is 31.8 Å². The Bertz CT molecular complexity index is 1120. The fourth-order valence-corrected chi connectivity index (χ4v) is 5.53. The van der Waals surface area contributed by atoms with E-state index in [9.17, 15) is 13.6 Å². The average Bonchev–Trinajstić information content (AvgIpc) is 3.61. The number of nitrogens with two attached hydrogens (primary N) is 1. The first-order valence-corrected chi connectivity index (χ1v) is 13.6. The highest BCUT2D eigenvalue weighted by Crippen LogP contribution is 2.54. The number of hydrazine groups is 1. The molecule has 5 rings (SSSR count). The lowest BCUT2D eigenvalue weighted by Crippen LogP contribution is -2.45. The lowest BCUT2D eigenvalue weighted by atomic mass is 9.93. The summed E-state index contributed by atoms with van der Waals surface area (Å²) in [6.07, 6.45) is 3.76. The molecule has 0 radical (unpaired) electrons. The van der Waals surface area contributed by atoms with E-state index in [1.54, 1.807) is 17.9 Å². The number of amides is 1. The molecule has 2 aliphatic heterocycles. The summed E-state index contributed by atoms with van der Waals surface area (Å²) < 4.78 is 28.2. The second kappa shape index (κ2) is 9.97. The zero-order chi connectivity index (χ0) is 25.5. The Kier molecular flexibility index (Phi) is 7.07. The third-order valence-corrected chi connectivity index (χ3v) is 8.30. The molecule has 2 aromatic rings. The van der Waals surface area contributed by atoms with E-state index in [1.807, 2.05) is 12.1 Å². The Morgan fingerprint density at radius 1 is 1.03 bits per heavy atom. The minimum atomic E-state index is -2.65. The number of halogens is 3. The number of anilines is 2. The molecular weight excluding hydrogens is 579 g/mol. The van der Waals surface area contributed by atoms with Gasteiger partial charge in [0.15, 0.2) is 0 Å². The van der Waals surface area contributed by atoms with Gasteiger partial charge in [-0.1, -0.05) is 0 Å². The molecule has 3 heterocycles. The summed E-state index contributed by atoms with van der Waals surface area (Å²) in [4.78, 5) is 26.1. The first-order valence-electron chi connectivity index (χ1n) is 12.5. The number of aryl methyl sites for hydroxylation is 1. The van der Waals surface area contributed by atoms with Crippen molar-refractivity contribution in [3.05, 3.63) is 44.8 Å². The van der Waals surface area contributed by atoms with Crippen LogP contribution < -0.4 is 26.4 Å². The molecule has 3 aliphatic rings. The van der Waals surface area contributed by atoms with Gasteiger partial charge < -0.3 is 15.5 Å². The number of nitrogens with one attached hydrogen (secondary N) is 2. The molecular formula is C25H32F2IN7O. The van der Waals surface area contributed by atoms with Crippen LogP contribution in [0, 0.1) is 15.9 Å². The maximum atomic E-state index is 13.6. The highest BCUT2D eigenvalue weighted by Gasteiger charge is 2.44. The van der Waals surface area contributed by atoms with Crippen molar-refractivity contribution in [1.29, 1.82) is 0 Å². The van der Waals surface area contributed by atoms with Gasteiger partial charge in [-0.25, -0.2) is 24.2 Å². The van der Waals surface area contributed by atoms with Gasteiger partial charge in [-0.15, -0.1) is 0 Å². The highest BCUT2D eigenvalue weighted by molar-refractivity contribution is 14.1. The minimum Gasteiger partial charge on any atom is -0.371 e. The van der Waals surface area contributed by atoms with Crippen LogP contribution in [0.25, 0.3) is 0 Å². The van der Waals surface area contributed by atoms with E-state index >= 15 is 0 Å². The normalized spacial score (nSPS) is 21.4. The maximum absolute atomic E-state index is 13.6. The fraction of sp³-hybridized carbons (Fsp3) is 0.560. The van der Waals surface area contributed by atoms with Crippen LogP contribution in [0.3, 0.4) is 0 Å². The zero-order valence-corrected chi connectivity index (χ0v) is 22.5. The minimum absolute atomic E-state index is 0.183. The molecule has 1 amide bonds. The van der Waals surface area contributed by atoms with Crippen LogP contribution in [0.5, 0.6) is 0 Å². The van der Waals surface area contributed by atoms with Crippen molar-refractivity contribution in [2.75, 3.05) is 36.0 Å². The number of nitrogens with zero attached hydrogens (tertiary/aromatic N) is 4. The number of rotatable bonds is 6. The number of piperidine rings is 2. The SMILES string of the molecule is Cc1cc(C(N)NNC(=O)c2ccc(I)cc2N2CCC3(CC2)CC3)nc(N2CCC(F)(F)CC2)n1. The summed E-state index contributed by atoms with van der Waals surface area (Å²) in [5.74, 6) is -2.54. The molecule has 8 nitrogen and oxygen atoms in total. The van der Waals surface area contributed by atoms with Crippen LogP contribution >= 0.6 is 22.6 Å². The summed E-state index contributed by atoms with van der Waals surface area (Å²) in [5.41, 5.74) is 15.1. The second-order valence-corrected chi connectivity index (χ2v) is 11.5. The number of carbonyl (C=O) groups is 1. The van der Waals surface area contributed by atoms with Gasteiger partial charge in [0.25, 0.3) is 11.8 Å². The van der Waals surface area contributed by atoms with Crippen molar-refractivity contribution in [1.82, 2.24) is 20.8 Å². The van der Waals surface area contributed by atoms with Crippen LogP contribution in [-0.4, -0.2) is 48.0 Å². The molecule has 1 aliphatic carbocycles. The van der Waals surface area contributed by atoms with Crippen molar-refractivity contribution in [2.45, 2.75) is 57.5 Å². The molecule has 1 aromatic heterocycles. The summed E-state index contributed by atoms with van der Waals surface area (Å²) in [6, 6.07) is 7.56. The van der Waals surface area contributed by atoms with E-state index in [4.69, 9.17) is 5.73 Å². The highest BCUT2D eigenvalue weighted by atomic mass is 127. The first kappa shape index (κ1) is 25.5. The molecule has 0 bridgehead atoms. The van der Waals surface area contributed by atoms with Crippen molar-refractivity contribution in [2.24, 2.45) is 11.1 Å². The quantitative estimate of drug-likeness (QED) is 0.259. The first-order chi connectivity index (χ1) is 17.1. The number of hydrogen-bond acceptors (Lipinski definition) is 7. The summed E-state index contributed by atoms with van der Waals surface area (Å²) in [5, 5.41) is 0. The summed E-state index contributed by atoms with van der Waals surface area (Å²) in [7, 11) is 0. The van der Waals surface area contributed by atoms with Crippen molar-refractivity contribution >= 4 is 40.1 Å². The van der Waals surface area contributed by atoms with Gasteiger partial charge in [0.05, 0.1) is 16.9 Å². The van der Waals surface area contributed by atoms with Gasteiger partial charge in [-0.2, -0.15) is 0 Å². The van der Waals surface area contributed by atoms with E-state index < -0.39 is 12.1 Å². The number of carbonyl (C=O) groups excluding carboxylic acids is 1. The third-order valence-electron chi connectivity index (χ3n) is 7.63. The maximum Gasteiger partial charge on any atom is 0.267 e. The Labute approximate surface area is 223 Å². The Balaban J connectivity index is 1.25. The summed E-state index contributed by atoms with van der Waals surface area (Å²) in [6.45, 7) is 4.09. The molecule has 3 fully saturated rings. The van der Waals surface area contributed by atoms with Crippen LogP contribution in [0.15, 0.2) is 24.3 Å². The van der Waals surface area contributed by atoms with E-state index in [2.05, 4.69) is 54.4 Å². The fourth-order valence-electron chi connectivity index (χ4n) is 5.05. The predicted molar refractivity (Wildman–Crippen MR) is 143 cm³/mol. The van der Waals surface area contributed by atoms with Crippen LogP contribution in [0.2, 0.25) is 0 Å². The monoisotopic (exact) mass is 611 g/mol. The Morgan fingerprint density at radius 3 is 2.36 bits per heavy atom. The Morgan fingerprint density at radius 2 is 1.69 bits per heavy atom. The van der Waals surface area contributed by atoms with Gasteiger partial charge in [0, 0.05) is 48.3 Å².